The molecular weight excluding hydrogens is 416 g/mol. The van der Waals surface area contributed by atoms with Crippen LogP contribution in [0.3, 0.4) is 0 Å². The predicted molar refractivity (Wildman–Crippen MR) is 118 cm³/mol. The summed E-state index contributed by atoms with van der Waals surface area (Å²) in [6, 6.07) is 4.99. The first-order valence-electron chi connectivity index (χ1n) is 11.4. The summed E-state index contributed by atoms with van der Waals surface area (Å²) in [7, 11) is -3.47. The van der Waals surface area contributed by atoms with Gasteiger partial charge in [-0.05, 0) is 76.4 Å². The topological polar surface area (TPSA) is 100 Å². The van der Waals surface area contributed by atoms with Gasteiger partial charge in [0.2, 0.25) is 15.9 Å². The highest BCUT2D eigenvalue weighted by Gasteiger charge is 2.27. The Morgan fingerprint density at radius 2 is 1.74 bits per heavy atom. The van der Waals surface area contributed by atoms with Crippen LogP contribution in [0.2, 0.25) is 0 Å². The number of amides is 1. The van der Waals surface area contributed by atoms with E-state index in [0.717, 1.165) is 37.9 Å². The molecule has 2 aliphatic heterocycles. The van der Waals surface area contributed by atoms with Gasteiger partial charge in [0.25, 0.3) is 0 Å². The summed E-state index contributed by atoms with van der Waals surface area (Å²) in [5.41, 5.74) is 1.35. The van der Waals surface area contributed by atoms with Gasteiger partial charge in [0.05, 0.1) is 10.4 Å². The maximum atomic E-state index is 12.7. The number of fused-ring (bicyclic) bond motifs is 1. The van der Waals surface area contributed by atoms with E-state index in [1.54, 1.807) is 22.9 Å². The van der Waals surface area contributed by atoms with E-state index in [4.69, 9.17) is 0 Å². The molecule has 0 unspecified atom stereocenters. The number of aromatic nitrogens is 3. The van der Waals surface area contributed by atoms with Crippen LogP contribution in [-0.4, -0.2) is 77.8 Å². The van der Waals surface area contributed by atoms with Crippen molar-refractivity contribution in [2.24, 2.45) is 0 Å². The monoisotopic (exact) mass is 448 g/mol. The number of hydrogen-bond donors (Lipinski definition) is 1. The molecule has 2 aromatic rings. The molecule has 170 valence electrons. The number of nitrogens with one attached hydrogen (secondary N) is 1. The second-order valence-corrected chi connectivity index (χ2v) is 10.4. The van der Waals surface area contributed by atoms with Gasteiger partial charge in [-0.1, -0.05) is 5.21 Å². The van der Waals surface area contributed by atoms with Crippen LogP contribution in [0.25, 0.3) is 11.0 Å². The average Bonchev–Trinajstić information content (AvgIpc) is 3.53. The Kier molecular flexibility index (Phi) is 7.19. The van der Waals surface area contributed by atoms with Crippen LogP contribution in [-0.2, 0) is 21.4 Å². The van der Waals surface area contributed by atoms with Crippen molar-refractivity contribution in [1.29, 1.82) is 0 Å². The van der Waals surface area contributed by atoms with E-state index >= 15 is 0 Å². The van der Waals surface area contributed by atoms with Crippen molar-refractivity contribution in [2.75, 3.05) is 39.3 Å². The van der Waals surface area contributed by atoms with E-state index in [2.05, 4.69) is 20.5 Å². The summed E-state index contributed by atoms with van der Waals surface area (Å²) in [5, 5.41) is 11.3. The highest BCUT2D eigenvalue weighted by atomic mass is 32.2. The quantitative estimate of drug-likeness (QED) is 0.554. The van der Waals surface area contributed by atoms with Crippen molar-refractivity contribution in [3.05, 3.63) is 18.2 Å². The van der Waals surface area contributed by atoms with E-state index < -0.39 is 10.0 Å². The molecule has 2 saturated heterocycles. The van der Waals surface area contributed by atoms with Gasteiger partial charge >= 0.3 is 0 Å². The van der Waals surface area contributed by atoms with Crippen molar-refractivity contribution >= 4 is 27.0 Å². The zero-order valence-corrected chi connectivity index (χ0v) is 18.8. The summed E-state index contributed by atoms with van der Waals surface area (Å²) in [4.78, 5) is 14.8. The molecule has 2 aliphatic rings. The molecule has 4 rings (SSSR count). The fourth-order valence-electron chi connectivity index (χ4n) is 4.37. The maximum absolute atomic E-state index is 12.7. The SMILES string of the molecule is O=C(CCCn1nnc2cc(S(=O)(=O)N3CCCC3)ccc21)NCCCN1CCCC1. The van der Waals surface area contributed by atoms with Crippen LogP contribution in [0, 0.1) is 0 Å². The van der Waals surface area contributed by atoms with Crippen molar-refractivity contribution in [3.8, 4) is 0 Å². The minimum Gasteiger partial charge on any atom is -0.356 e. The van der Waals surface area contributed by atoms with Gasteiger partial charge in [-0.2, -0.15) is 4.31 Å². The van der Waals surface area contributed by atoms with Gasteiger partial charge in [0, 0.05) is 32.6 Å². The van der Waals surface area contributed by atoms with Gasteiger partial charge in [-0.25, -0.2) is 13.1 Å². The molecule has 0 saturated carbocycles. The molecule has 1 amide bonds. The lowest BCUT2D eigenvalue weighted by Crippen LogP contribution is -2.28. The second kappa shape index (κ2) is 10.1. The molecule has 0 bridgehead atoms. The number of rotatable bonds is 10. The number of aryl methyl sites for hydroxylation is 1. The van der Waals surface area contributed by atoms with Crippen molar-refractivity contribution < 1.29 is 13.2 Å². The molecule has 9 nitrogen and oxygen atoms in total. The standard InChI is InChI=1S/C21H32N6O3S/c28-21(22-10-6-13-25-11-1-2-12-25)7-5-16-27-20-9-8-18(17-19(20)23-24-27)31(29,30)26-14-3-4-15-26/h8-9,17H,1-7,10-16H2,(H,22,28). The minimum absolute atomic E-state index is 0.0600. The van der Waals surface area contributed by atoms with Gasteiger partial charge < -0.3 is 10.2 Å². The summed E-state index contributed by atoms with van der Waals surface area (Å²) in [6.07, 6.45) is 6.48. The second-order valence-electron chi connectivity index (χ2n) is 8.43. The number of sulfonamides is 1. The number of nitrogens with zero attached hydrogens (tertiary/aromatic N) is 5. The molecule has 2 fully saturated rings. The fourth-order valence-corrected chi connectivity index (χ4v) is 5.91. The van der Waals surface area contributed by atoms with Crippen LogP contribution in [0.4, 0.5) is 0 Å². The molecule has 0 atom stereocenters. The van der Waals surface area contributed by atoms with E-state index in [1.807, 2.05) is 0 Å². The molecule has 1 aromatic carbocycles. The van der Waals surface area contributed by atoms with E-state index in [1.165, 1.54) is 30.2 Å². The summed E-state index contributed by atoms with van der Waals surface area (Å²) in [5.74, 6) is 0.0600. The number of hydrogen-bond acceptors (Lipinski definition) is 6. The average molecular weight is 449 g/mol. The molecule has 1 N–H and O–H groups in total. The Bertz CT molecular complexity index is 994. The Hall–Kier alpha value is -2.04. The van der Waals surface area contributed by atoms with Crippen LogP contribution in [0.5, 0.6) is 0 Å². The smallest absolute Gasteiger partial charge is 0.243 e. The lowest BCUT2D eigenvalue weighted by atomic mass is 10.2. The van der Waals surface area contributed by atoms with Gasteiger partial charge in [-0.15, -0.1) is 5.10 Å². The molecule has 0 radical (unpaired) electrons. The lowest BCUT2D eigenvalue weighted by Gasteiger charge is -2.15. The Morgan fingerprint density at radius 3 is 2.52 bits per heavy atom. The molecule has 31 heavy (non-hydrogen) atoms. The van der Waals surface area contributed by atoms with Crippen LogP contribution < -0.4 is 5.32 Å². The number of likely N-dealkylation sites (tertiary alicyclic amines) is 1. The Balaban J connectivity index is 1.25. The number of benzene rings is 1. The Labute approximate surface area is 183 Å². The molecule has 0 spiro atoms. The molecule has 1 aromatic heterocycles. The maximum Gasteiger partial charge on any atom is 0.243 e. The van der Waals surface area contributed by atoms with Gasteiger partial charge in [-0.3, -0.25) is 4.79 Å². The number of carbonyl (C=O) groups is 1. The van der Waals surface area contributed by atoms with Crippen molar-refractivity contribution in [3.63, 3.8) is 0 Å². The third kappa shape index (κ3) is 5.42. The lowest BCUT2D eigenvalue weighted by molar-refractivity contribution is -0.121. The van der Waals surface area contributed by atoms with Crippen molar-refractivity contribution in [1.82, 2.24) is 29.5 Å². The van der Waals surface area contributed by atoms with Gasteiger partial charge in [0.1, 0.15) is 5.52 Å². The summed E-state index contributed by atoms with van der Waals surface area (Å²) in [6.45, 7) is 5.87. The third-order valence-corrected chi connectivity index (χ3v) is 8.03. The van der Waals surface area contributed by atoms with Crippen LogP contribution >= 0.6 is 0 Å². The van der Waals surface area contributed by atoms with Crippen LogP contribution in [0.1, 0.15) is 44.9 Å². The first-order chi connectivity index (χ1) is 15.0. The predicted octanol–water partition coefficient (Wildman–Crippen LogP) is 1.60. The summed E-state index contributed by atoms with van der Waals surface area (Å²) >= 11 is 0. The van der Waals surface area contributed by atoms with E-state index in [9.17, 15) is 13.2 Å². The highest BCUT2D eigenvalue weighted by Crippen LogP contribution is 2.23. The Morgan fingerprint density at radius 1 is 1.00 bits per heavy atom. The number of carbonyl (C=O) groups excluding carboxylic acids is 1. The normalized spacial score (nSPS) is 18.2. The fraction of sp³-hybridized carbons (Fsp3) is 0.667. The first-order valence-corrected chi connectivity index (χ1v) is 12.8. The van der Waals surface area contributed by atoms with Crippen LogP contribution in [0.15, 0.2) is 23.1 Å². The third-order valence-electron chi connectivity index (χ3n) is 6.13. The van der Waals surface area contributed by atoms with E-state index in [0.29, 0.717) is 38.0 Å². The first kappa shape index (κ1) is 22.2. The van der Waals surface area contributed by atoms with Gasteiger partial charge in [0.15, 0.2) is 0 Å². The van der Waals surface area contributed by atoms with E-state index in [-0.39, 0.29) is 10.8 Å². The van der Waals surface area contributed by atoms with Crippen molar-refractivity contribution in [2.45, 2.75) is 56.4 Å². The molecular formula is C21H32N6O3S. The summed E-state index contributed by atoms with van der Waals surface area (Å²) < 4.78 is 28.7. The molecule has 3 heterocycles. The minimum atomic E-state index is -3.47. The highest BCUT2D eigenvalue weighted by molar-refractivity contribution is 7.89. The molecule has 10 heteroatoms. The molecule has 0 aliphatic carbocycles. The largest absolute Gasteiger partial charge is 0.356 e. The zero-order valence-electron chi connectivity index (χ0n) is 18.0. The zero-order chi connectivity index (χ0) is 21.7.